The zero-order chi connectivity index (χ0) is 36.0. The summed E-state index contributed by atoms with van der Waals surface area (Å²) in [5, 5.41) is 10.3. The van der Waals surface area contributed by atoms with Crippen LogP contribution in [0.1, 0.15) is 0 Å². The van der Waals surface area contributed by atoms with E-state index >= 15 is 0 Å². The van der Waals surface area contributed by atoms with Crippen molar-refractivity contribution in [2.24, 2.45) is 0 Å². The number of fused-ring (bicyclic) bond motifs is 10. The van der Waals surface area contributed by atoms with Gasteiger partial charge in [-0.2, -0.15) is 0 Å². The van der Waals surface area contributed by atoms with E-state index in [2.05, 4.69) is 203 Å². The van der Waals surface area contributed by atoms with Crippen LogP contribution in [0, 0.1) is 0 Å². The second-order valence-electron chi connectivity index (χ2n) is 14.5. The second-order valence-corrected chi connectivity index (χ2v) is 15.7. The third-order valence-electron chi connectivity index (χ3n) is 11.6. The molecule has 0 atom stereocenters. The van der Waals surface area contributed by atoms with Gasteiger partial charge in [0.2, 0.25) is 0 Å². The van der Waals surface area contributed by atoms with Crippen LogP contribution in [0.5, 0.6) is 0 Å². The molecule has 0 radical (unpaired) electrons. The molecule has 0 aliphatic carbocycles. The number of hydrogen-bond acceptors (Lipinski definition) is 0. The molecular formula is C52H33N2S+. The van der Waals surface area contributed by atoms with Crippen LogP contribution in [0.25, 0.3) is 108 Å². The lowest BCUT2D eigenvalue weighted by Gasteiger charge is -2.14. The summed E-state index contributed by atoms with van der Waals surface area (Å²) in [5.41, 5.74) is 12.2. The molecule has 0 aliphatic heterocycles. The first-order valence-corrected chi connectivity index (χ1v) is 19.8. The van der Waals surface area contributed by atoms with Gasteiger partial charge >= 0.3 is 0 Å². The predicted molar refractivity (Wildman–Crippen MR) is 238 cm³/mol. The summed E-state index contributed by atoms with van der Waals surface area (Å²) in [6.07, 6.45) is 0. The van der Waals surface area contributed by atoms with Crippen molar-refractivity contribution in [2.75, 3.05) is 0 Å². The van der Waals surface area contributed by atoms with Gasteiger partial charge in [-0.1, -0.05) is 115 Å². The lowest BCUT2D eigenvalue weighted by Crippen LogP contribution is -1.96. The molecular weight excluding hydrogens is 685 g/mol. The molecule has 0 aliphatic rings. The molecule has 0 saturated heterocycles. The number of aromatic nitrogens is 2. The normalized spacial score (nSPS) is 12.0. The van der Waals surface area contributed by atoms with Gasteiger partial charge in [0.05, 0.1) is 27.8 Å². The number of rotatable bonds is 4. The van der Waals surface area contributed by atoms with Gasteiger partial charge in [0.25, 0.3) is 0 Å². The van der Waals surface area contributed by atoms with Gasteiger partial charge in [-0.25, -0.2) is 0 Å². The molecule has 55 heavy (non-hydrogen) atoms. The lowest BCUT2D eigenvalue weighted by molar-refractivity contribution is 1.18. The van der Waals surface area contributed by atoms with E-state index in [0.29, 0.717) is 0 Å². The quantitative estimate of drug-likeness (QED) is 0.160. The van der Waals surface area contributed by atoms with Gasteiger partial charge in [0.1, 0.15) is 0 Å². The summed E-state index contributed by atoms with van der Waals surface area (Å²) in [4.78, 5) is 0. The van der Waals surface area contributed by atoms with Crippen molar-refractivity contribution < 1.29 is 0 Å². The number of thiophene rings is 1. The summed E-state index contributed by atoms with van der Waals surface area (Å²) >= 11 is 1.28. The number of benzene rings is 9. The van der Waals surface area contributed by atoms with E-state index in [1.807, 2.05) is 0 Å². The van der Waals surface area contributed by atoms with Crippen molar-refractivity contribution in [1.82, 2.24) is 9.13 Å². The SMILES string of the molecule is c1ccc(-n2c3ccccc3c3cc(-c4ccc5c(c4)c4ccccc4n5-c4cccc5c(-c6ccc7c(c6)[sH+]c6ccccc67)cccc45)ccc32)cc1. The molecule has 0 fully saturated rings. The van der Waals surface area contributed by atoms with Gasteiger partial charge in [-0.15, -0.1) is 0 Å². The predicted octanol–water partition coefficient (Wildman–Crippen LogP) is 14.5. The molecule has 0 spiro atoms. The number of nitrogens with zero attached hydrogens (tertiary/aromatic N) is 2. The van der Waals surface area contributed by atoms with Crippen molar-refractivity contribution in [3.63, 3.8) is 0 Å². The Balaban J connectivity index is 1.02. The Morgan fingerprint density at radius 3 is 1.60 bits per heavy atom. The minimum Gasteiger partial charge on any atom is -0.309 e. The van der Waals surface area contributed by atoms with Crippen LogP contribution >= 0.6 is 11.3 Å². The monoisotopic (exact) mass is 717 g/mol. The number of hydrogen-bond donors (Lipinski definition) is 0. The van der Waals surface area contributed by atoms with Crippen molar-refractivity contribution in [2.45, 2.75) is 0 Å². The third-order valence-corrected chi connectivity index (χ3v) is 12.8. The van der Waals surface area contributed by atoms with Gasteiger partial charge in [0, 0.05) is 49.5 Å². The molecule has 9 aromatic carbocycles. The Bertz CT molecular complexity index is 3490. The Labute approximate surface area is 321 Å². The Kier molecular flexibility index (Phi) is 6.54. The smallest absolute Gasteiger partial charge is 0.180 e. The van der Waals surface area contributed by atoms with E-state index in [-0.39, 0.29) is 0 Å². The molecule has 3 aromatic heterocycles. The molecule has 0 bridgehead atoms. The highest BCUT2D eigenvalue weighted by Gasteiger charge is 2.19. The van der Waals surface area contributed by atoms with E-state index in [9.17, 15) is 0 Å². The van der Waals surface area contributed by atoms with Crippen molar-refractivity contribution in [1.29, 1.82) is 0 Å². The molecule has 3 heterocycles. The highest BCUT2D eigenvalue weighted by Crippen LogP contribution is 2.42. The van der Waals surface area contributed by atoms with Gasteiger partial charge in [0.15, 0.2) is 9.40 Å². The van der Waals surface area contributed by atoms with E-state index in [1.54, 1.807) is 0 Å². The van der Waals surface area contributed by atoms with E-state index in [0.717, 1.165) is 0 Å². The van der Waals surface area contributed by atoms with Crippen LogP contribution in [0.4, 0.5) is 0 Å². The van der Waals surface area contributed by atoms with Crippen molar-refractivity contribution in [3.05, 3.63) is 194 Å². The lowest BCUT2D eigenvalue weighted by atomic mass is 9.96. The topological polar surface area (TPSA) is 9.86 Å². The summed E-state index contributed by atoms with van der Waals surface area (Å²) in [6, 6.07) is 71.6. The summed E-state index contributed by atoms with van der Waals surface area (Å²) in [6.45, 7) is 0. The van der Waals surface area contributed by atoms with Crippen LogP contribution in [0.15, 0.2) is 194 Å². The fourth-order valence-corrected chi connectivity index (χ4v) is 10.4. The maximum Gasteiger partial charge on any atom is 0.180 e. The van der Waals surface area contributed by atoms with Gasteiger partial charge in [-0.3, -0.25) is 0 Å². The summed E-state index contributed by atoms with van der Waals surface area (Å²) in [5.74, 6) is 0. The summed E-state index contributed by atoms with van der Waals surface area (Å²) in [7, 11) is 0. The largest absolute Gasteiger partial charge is 0.309 e. The third kappa shape index (κ3) is 4.54. The Morgan fingerprint density at radius 1 is 0.291 bits per heavy atom. The average Bonchev–Trinajstić information content (AvgIpc) is 3.90. The van der Waals surface area contributed by atoms with Crippen molar-refractivity contribution in [3.8, 4) is 33.6 Å². The fraction of sp³-hybridized carbons (Fsp3) is 0. The Morgan fingerprint density at radius 2 is 0.836 bits per heavy atom. The highest BCUT2D eigenvalue weighted by atomic mass is 32.1. The van der Waals surface area contributed by atoms with Gasteiger partial charge in [-0.05, 0) is 112 Å². The molecule has 12 rings (SSSR count). The highest BCUT2D eigenvalue weighted by molar-refractivity contribution is 7.25. The van der Waals surface area contributed by atoms with E-state index < -0.39 is 0 Å². The molecule has 3 heteroatoms. The maximum absolute atomic E-state index is 2.47. The number of para-hydroxylation sites is 3. The summed E-state index contributed by atoms with van der Waals surface area (Å²) < 4.78 is 7.62. The minimum absolute atomic E-state index is 1.18. The Hall–Kier alpha value is -6.94. The molecule has 256 valence electrons. The molecule has 0 N–H and O–H groups in total. The average molecular weight is 718 g/mol. The van der Waals surface area contributed by atoms with Crippen LogP contribution in [0.3, 0.4) is 0 Å². The first kappa shape index (κ1) is 30.5. The second kappa shape index (κ2) is 11.8. The fourth-order valence-electron chi connectivity index (χ4n) is 9.11. The van der Waals surface area contributed by atoms with Gasteiger partial charge < -0.3 is 9.13 Å². The standard InChI is InChI=1S/C52H32N2S/c1-2-12-36(13-3-1)53-46-20-7-4-14-40(46)44-30-33(25-28-49(44)53)34-26-29-50-45(31-34)41-15-5-8-21-47(41)54(50)48-22-11-18-38-37(17-10-19-39(38)48)35-24-27-43-42-16-6-9-23-51(42)55-52(43)32-35/h1-32H/p+1. The zero-order valence-corrected chi connectivity index (χ0v) is 30.7. The first-order valence-electron chi connectivity index (χ1n) is 18.9. The molecule has 0 saturated carbocycles. The van der Waals surface area contributed by atoms with Crippen LogP contribution in [0.2, 0.25) is 0 Å². The zero-order valence-electron chi connectivity index (χ0n) is 29.8. The van der Waals surface area contributed by atoms with Crippen LogP contribution in [-0.4, -0.2) is 9.13 Å². The first-order chi connectivity index (χ1) is 27.3. The molecule has 0 amide bonds. The molecule has 2 nitrogen and oxygen atoms in total. The van der Waals surface area contributed by atoms with Crippen LogP contribution < -0.4 is 0 Å². The van der Waals surface area contributed by atoms with Crippen LogP contribution in [-0.2, 0) is 0 Å². The maximum atomic E-state index is 2.47. The minimum atomic E-state index is 1.18. The van der Waals surface area contributed by atoms with E-state index in [4.69, 9.17) is 0 Å². The van der Waals surface area contributed by atoms with Crippen molar-refractivity contribution >= 4 is 85.9 Å². The molecule has 12 aromatic rings. The molecule has 0 unspecified atom stereocenters. The van der Waals surface area contributed by atoms with E-state index in [1.165, 1.54) is 120 Å².